The van der Waals surface area contributed by atoms with Crippen molar-refractivity contribution in [1.29, 1.82) is 0 Å². The van der Waals surface area contributed by atoms with E-state index in [9.17, 15) is 13.2 Å². The van der Waals surface area contributed by atoms with Gasteiger partial charge in [0.1, 0.15) is 0 Å². The standard InChI is InChI=1S/C5H8O4S2/c1-9-5(6)2-4(3-10)11(7)8/h10H,2-3H2,1H3. The highest BCUT2D eigenvalue weighted by atomic mass is 32.2. The van der Waals surface area contributed by atoms with Crippen LogP contribution in [0.25, 0.3) is 0 Å². The van der Waals surface area contributed by atoms with Gasteiger partial charge in [0.25, 0.3) is 0 Å². The molecule has 0 aromatic rings. The summed E-state index contributed by atoms with van der Waals surface area (Å²) in [6.07, 6.45) is -0.212. The summed E-state index contributed by atoms with van der Waals surface area (Å²) >= 11 is 3.73. The van der Waals surface area contributed by atoms with Crippen molar-refractivity contribution in [2.45, 2.75) is 6.42 Å². The molecule has 0 saturated heterocycles. The molecule has 0 aromatic heterocycles. The molecule has 0 aliphatic heterocycles. The van der Waals surface area contributed by atoms with E-state index in [0.717, 1.165) is 0 Å². The number of methoxy groups -OCH3 is 1. The predicted octanol–water partition coefficient (Wildman–Crippen LogP) is -0.469. The van der Waals surface area contributed by atoms with Crippen LogP contribution in [0.5, 0.6) is 0 Å². The van der Waals surface area contributed by atoms with Crippen molar-refractivity contribution in [2.24, 2.45) is 0 Å². The number of carbonyl (C=O) groups is 1. The highest BCUT2D eigenvalue weighted by molar-refractivity contribution is 7.83. The van der Waals surface area contributed by atoms with Gasteiger partial charge in [-0.25, -0.2) is 0 Å². The number of hydrogen-bond donors (Lipinski definition) is 1. The molecule has 0 heterocycles. The Morgan fingerprint density at radius 1 is 1.55 bits per heavy atom. The van der Waals surface area contributed by atoms with Crippen LogP contribution in [-0.2, 0) is 19.8 Å². The van der Waals surface area contributed by atoms with Gasteiger partial charge in [-0.2, -0.15) is 21.0 Å². The Bertz CT molecular complexity index is 256. The van der Waals surface area contributed by atoms with Crippen LogP contribution in [0.15, 0.2) is 0 Å². The second kappa shape index (κ2) is 5.20. The maximum absolute atomic E-state index is 10.5. The molecule has 6 heteroatoms. The zero-order chi connectivity index (χ0) is 8.85. The molecule has 0 aliphatic carbocycles. The van der Waals surface area contributed by atoms with Gasteiger partial charge in [0.2, 0.25) is 10.3 Å². The zero-order valence-electron chi connectivity index (χ0n) is 5.90. The molecule has 0 unspecified atom stereocenters. The van der Waals surface area contributed by atoms with Crippen LogP contribution in [0.2, 0.25) is 0 Å². The molecule has 0 saturated carbocycles. The Morgan fingerprint density at radius 3 is 2.36 bits per heavy atom. The van der Waals surface area contributed by atoms with Gasteiger partial charge in [-0.05, 0) is 0 Å². The Hall–Kier alpha value is -0.490. The second-order valence-electron chi connectivity index (χ2n) is 1.68. The predicted molar refractivity (Wildman–Crippen MR) is 44.4 cm³/mol. The number of thiol groups is 1. The van der Waals surface area contributed by atoms with Crippen molar-refractivity contribution < 1.29 is 17.9 Å². The van der Waals surface area contributed by atoms with Gasteiger partial charge >= 0.3 is 5.97 Å². The first-order valence-corrected chi connectivity index (χ1v) is 4.44. The highest BCUT2D eigenvalue weighted by Crippen LogP contribution is 1.90. The van der Waals surface area contributed by atoms with Crippen LogP contribution >= 0.6 is 12.6 Å². The largest absolute Gasteiger partial charge is 0.469 e. The molecule has 11 heavy (non-hydrogen) atoms. The van der Waals surface area contributed by atoms with E-state index >= 15 is 0 Å². The molecule has 0 fully saturated rings. The van der Waals surface area contributed by atoms with Crippen LogP contribution in [0.1, 0.15) is 6.42 Å². The Morgan fingerprint density at radius 2 is 2.09 bits per heavy atom. The van der Waals surface area contributed by atoms with Crippen molar-refractivity contribution in [3.05, 3.63) is 0 Å². The maximum atomic E-state index is 10.5. The smallest absolute Gasteiger partial charge is 0.310 e. The Kier molecular flexibility index (Phi) is 4.97. The summed E-state index contributed by atoms with van der Waals surface area (Å²) in [6, 6.07) is 0. The van der Waals surface area contributed by atoms with E-state index in [0.29, 0.717) is 0 Å². The third-order valence-electron chi connectivity index (χ3n) is 0.981. The average molecular weight is 196 g/mol. The van der Waals surface area contributed by atoms with Crippen LogP contribution in [0.3, 0.4) is 0 Å². The Balaban J connectivity index is 4.36. The monoisotopic (exact) mass is 196 g/mol. The fraction of sp³-hybridized carbons (Fsp3) is 0.600. The fourth-order valence-corrected chi connectivity index (χ4v) is 1.17. The van der Waals surface area contributed by atoms with E-state index < -0.39 is 16.3 Å². The summed E-state index contributed by atoms with van der Waals surface area (Å²) in [5, 5.41) is 0. The van der Waals surface area contributed by atoms with Crippen molar-refractivity contribution in [2.75, 3.05) is 12.9 Å². The number of carbonyl (C=O) groups excluding carboxylic acids is 1. The molecule has 0 aliphatic rings. The van der Waals surface area contributed by atoms with Gasteiger partial charge in [-0.1, -0.05) is 0 Å². The zero-order valence-corrected chi connectivity index (χ0v) is 7.61. The van der Waals surface area contributed by atoms with Gasteiger partial charge in [-0.15, -0.1) is 0 Å². The van der Waals surface area contributed by atoms with E-state index in [1.807, 2.05) is 0 Å². The normalized spacial score (nSPS) is 8.91. The lowest BCUT2D eigenvalue weighted by molar-refractivity contribution is -0.139. The molecule has 64 valence electrons. The van der Waals surface area contributed by atoms with Gasteiger partial charge in [0, 0.05) is 5.75 Å². The lowest BCUT2D eigenvalue weighted by atomic mass is 10.3. The molecule has 0 spiro atoms. The van der Waals surface area contributed by atoms with Crippen molar-refractivity contribution in [3.8, 4) is 0 Å². The van der Waals surface area contributed by atoms with E-state index in [2.05, 4.69) is 17.4 Å². The molecule has 0 radical (unpaired) electrons. The van der Waals surface area contributed by atoms with Gasteiger partial charge < -0.3 is 4.74 Å². The molecule has 0 aromatic carbocycles. The molecule has 4 nitrogen and oxygen atoms in total. The molecule has 0 bridgehead atoms. The van der Waals surface area contributed by atoms with Crippen molar-refractivity contribution in [1.82, 2.24) is 0 Å². The quantitative estimate of drug-likeness (QED) is 0.376. The minimum absolute atomic E-state index is 0.0418. The van der Waals surface area contributed by atoms with Crippen LogP contribution in [0.4, 0.5) is 0 Å². The number of hydrogen-bond acceptors (Lipinski definition) is 5. The fourth-order valence-electron chi connectivity index (χ4n) is 0.401. The van der Waals surface area contributed by atoms with Crippen LogP contribution in [0, 0.1) is 0 Å². The van der Waals surface area contributed by atoms with E-state index in [1.54, 1.807) is 0 Å². The summed E-state index contributed by atoms with van der Waals surface area (Å²) in [7, 11) is -1.14. The lowest BCUT2D eigenvalue weighted by Crippen LogP contribution is -2.11. The summed E-state index contributed by atoms with van der Waals surface area (Å²) in [4.78, 5) is 10.6. The van der Waals surface area contributed by atoms with E-state index in [-0.39, 0.29) is 17.0 Å². The molecule has 0 N–H and O–H groups in total. The summed E-state index contributed by atoms with van der Waals surface area (Å²) < 4.78 is 24.8. The summed E-state index contributed by atoms with van der Waals surface area (Å²) in [5.74, 6) is -0.524. The first-order valence-electron chi connectivity index (χ1n) is 2.73. The minimum atomic E-state index is -2.34. The molecular formula is C5H8O4S2. The second-order valence-corrected chi connectivity index (χ2v) is 3.05. The number of ether oxygens (including phenoxy) is 1. The average Bonchev–Trinajstić information content (AvgIpc) is 1.99. The van der Waals surface area contributed by atoms with E-state index in [1.165, 1.54) is 7.11 Å². The van der Waals surface area contributed by atoms with Crippen molar-refractivity contribution >= 4 is 33.8 Å². The molecular weight excluding hydrogens is 188 g/mol. The molecule has 0 rings (SSSR count). The minimum Gasteiger partial charge on any atom is -0.469 e. The third-order valence-corrected chi connectivity index (χ3v) is 2.34. The maximum Gasteiger partial charge on any atom is 0.310 e. The van der Waals surface area contributed by atoms with Crippen molar-refractivity contribution in [3.63, 3.8) is 0 Å². The van der Waals surface area contributed by atoms with Gasteiger partial charge in [-0.3, -0.25) is 4.79 Å². The third kappa shape index (κ3) is 4.05. The first kappa shape index (κ1) is 10.5. The topological polar surface area (TPSA) is 60.4 Å². The molecule has 0 amide bonds. The van der Waals surface area contributed by atoms with Gasteiger partial charge in [0.15, 0.2) is 0 Å². The number of rotatable bonds is 3. The van der Waals surface area contributed by atoms with Gasteiger partial charge in [0.05, 0.1) is 18.4 Å². The van der Waals surface area contributed by atoms with Crippen LogP contribution in [-0.4, -0.2) is 32.1 Å². The highest BCUT2D eigenvalue weighted by Gasteiger charge is 2.06. The van der Waals surface area contributed by atoms with E-state index in [4.69, 9.17) is 0 Å². The van der Waals surface area contributed by atoms with Crippen LogP contribution < -0.4 is 0 Å². The lowest BCUT2D eigenvalue weighted by Gasteiger charge is -1.95. The first-order chi connectivity index (χ1) is 5.11. The molecule has 0 atom stereocenters. The number of esters is 1. The summed E-state index contributed by atoms with van der Waals surface area (Å²) in [5.41, 5.74) is 0. The SMILES string of the molecule is COC(=O)CC(CS)=S(=O)=O. The summed E-state index contributed by atoms with van der Waals surface area (Å²) in [6.45, 7) is 0. The Labute approximate surface area is 71.5 Å².